The summed E-state index contributed by atoms with van der Waals surface area (Å²) in [6.07, 6.45) is 2.11. The summed E-state index contributed by atoms with van der Waals surface area (Å²) in [6.45, 7) is 1.57. The molecule has 102 valence electrons. The molecule has 0 radical (unpaired) electrons. The van der Waals surface area contributed by atoms with Crippen LogP contribution in [0.2, 0.25) is 0 Å². The number of rotatable bonds is 5. The molecule has 1 N–H and O–H groups in total. The number of fused-ring (bicyclic) bond motifs is 1. The van der Waals surface area contributed by atoms with E-state index >= 15 is 0 Å². The van der Waals surface area contributed by atoms with Crippen molar-refractivity contribution in [2.45, 2.75) is 13.2 Å². The summed E-state index contributed by atoms with van der Waals surface area (Å²) in [7, 11) is 1.71. The maximum atomic E-state index is 5.36. The molecule has 0 fully saturated rings. The molecular formula is C17H18N2O. The van der Waals surface area contributed by atoms with Crippen LogP contribution in [0.3, 0.4) is 0 Å². The zero-order valence-corrected chi connectivity index (χ0v) is 11.5. The minimum atomic E-state index is 0.783. The summed E-state index contributed by atoms with van der Waals surface area (Å²) in [5.41, 5.74) is 2.42. The predicted octanol–water partition coefficient (Wildman–Crippen LogP) is 3.40. The molecule has 3 aromatic rings. The van der Waals surface area contributed by atoms with Gasteiger partial charge in [-0.2, -0.15) is 0 Å². The van der Waals surface area contributed by atoms with Crippen LogP contribution < -0.4 is 10.1 Å². The van der Waals surface area contributed by atoms with Crippen molar-refractivity contribution in [3.8, 4) is 5.75 Å². The van der Waals surface area contributed by atoms with Gasteiger partial charge in [-0.25, -0.2) is 0 Å². The summed E-state index contributed by atoms with van der Waals surface area (Å²) < 4.78 is 7.57. The lowest BCUT2D eigenvalue weighted by Crippen LogP contribution is -2.17. The number of benzene rings is 2. The molecule has 0 spiro atoms. The predicted molar refractivity (Wildman–Crippen MR) is 81.8 cm³/mol. The molecule has 20 heavy (non-hydrogen) atoms. The van der Waals surface area contributed by atoms with Gasteiger partial charge >= 0.3 is 0 Å². The second-order valence-electron chi connectivity index (χ2n) is 4.74. The lowest BCUT2D eigenvalue weighted by atomic mass is 10.2. The lowest BCUT2D eigenvalue weighted by molar-refractivity contribution is 0.406. The highest BCUT2D eigenvalue weighted by atomic mass is 16.5. The molecule has 0 aliphatic rings. The van der Waals surface area contributed by atoms with Gasteiger partial charge in [0.05, 0.1) is 13.8 Å². The van der Waals surface area contributed by atoms with Gasteiger partial charge < -0.3 is 9.30 Å². The Balaban J connectivity index is 1.68. The average molecular weight is 266 g/mol. The Morgan fingerprint density at radius 3 is 2.70 bits per heavy atom. The molecule has 0 aliphatic carbocycles. The quantitative estimate of drug-likeness (QED) is 0.766. The fourth-order valence-corrected chi connectivity index (χ4v) is 2.44. The minimum Gasteiger partial charge on any atom is -0.496 e. The third-order valence-electron chi connectivity index (χ3n) is 3.47. The van der Waals surface area contributed by atoms with Gasteiger partial charge in [-0.3, -0.25) is 5.32 Å². The van der Waals surface area contributed by atoms with Crippen molar-refractivity contribution >= 4 is 10.9 Å². The Labute approximate surface area is 118 Å². The van der Waals surface area contributed by atoms with E-state index in [9.17, 15) is 0 Å². The normalized spacial score (nSPS) is 10.8. The van der Waals surface area contributed by atoms with Crippen molar-refractivity contribution in [3.63, 3.8) is 0 Å². The highest BCUT2D eigenvalue weighted by molar-refractivity contribution is 5.79. The second kappa shape index (κ2) is 5.80. The molecule has 3 rings (SSSR count). The summed E-state index contributed by atoms with van der Waals surface area (Å²) in [6, 6.07) is 18.6. The SMILES string of the molecule is COc1ccccc1CNCn1ccc2ccccc21. The smallest absolute Gasteiger partial charge is 0.123 e. The number of nitrogens with one attached hydrogen (secondary N) is 1. The number of hydrogen-bond acceptors (Lipinski definition) is 2. The van der Waals surface area contributed by atoms with Crippen LogP contribution in [0.4, 0.5) is 0 Å². The van der Waals surface area contributed by atoms with Crippen molar-refractivity contribution in [1.29, 1.82) is 0 Å². The van der Waals surface area contributed by atoms with Crippen molar-refractivity contribution in [2.24, 2.45) is 0 Å². The van der Waals surface area contributed by atoms with Gasteiger partial charge in [0.15, 0.2) is 0 Å². The molecule has 1 heterocycles. The van der Waals surface area contributed by atoms with Crippen LogP contribution in [0.1, 0.15) is 5.56 Å². The maximum Gasteiger partial charge on any atom is 0.123 e. The van der Waals surface area contributed by atoms with Gasteiger partial charge in [-0.15, -0.1) is 0 Å². The highest BCUT2D eigenvalue weighted by Crippen LogP contribution is 2.17. The van der Waals surface area contributed by atoms with E-state index in [2.05, 4.69) is 52.5 Å². The van der Waals surface area contributed by atoms with E-state index in [-0.39, 0.29) is 0 Å². The Bertz CT molecular complexity index is 703. The van der Waals surface area contributed by atoms with Crippen LogP contribution in [0.25, 0.3) is 10.9 Å². The first-order valence-corrected chi connectivity index (χ1v) is 6.75. The number of hydrogen-bond donors (Lipinski definition) is 1. The largest absolute Gasteiger partial charge is 0.496 e. The number of aromatic nitrogens is 1. The summed E-state index contributed by atoms with van der Waals surface area (Å²) in [5, 5.41) is 4.72. The summed E-state index contributed by atoms with van der Waals surface area (Å²) >= 11 is 0. The zero-order chi connectivity index (χ0) is 13.8. The summed E-state index contributed by atoms with van der Waals surface area (Å²) in [4.78, 5) is 0. The summed E-state index contributed by atoms with van der Waals surface area (Å²) in [5.74, 6) is 0.928. The highest BCUT2D eigenvalue weighted by Gasteiger charge is 2.02. The molecule has 0 unspecified atom stereocenters. The van der Waals surface area contributed by atoms with Crippen molar-refractivity contribution < 1.29 is 4.74 Å². The van der Waals surface area contributed by atoms with E-state index in [0.717, 1.165) is 19.0 Å². The Kier molecular flexibility index (Phi) is 3.70. The molecule has 0 saturated carbocycles. The maximum absolute atomic E-state index is 5.36. The van der Waals surface area contributed by atoms with E-state index in [0.29, 0.717) is 0 Å². The molecular weight excluding hydrogens is 248 g/mol. The number of ether oxygens (including phenoxy) is 1. The van der Waals surface area contributed by atoms with E-state index < -0.39 is 0 Å². The van der Waals surface area contributed by atoms with E-state index in [4.69, 9.17) is 4.74 Å². The average Bonchev–Trinajstić information content (AvgIpc) is 2.91. The third-order valence-corrected chi connectivity index (χ3v) is 3.47. The minimum absolute atomic E-state index is 0.783. The van der Waals surface area contributed by atoms with E-state index in [1.54, 1.807) is 7.11 Å². The zero-order valence-electron chi connectivity index (χ0n) is 11.5. The van der Waals surface area contributed by atoms with Crippen LogP contribution >= 0.6 is 0 Å². The number of methoxy groups -OCH3 is 1. The fourth-order valence-electron chi connectivity index (χ4n) is 2.44. The van der Waals surface area contributed by atoms with E-state index in [1.807, 2.05) is 18.2 Å². The van der Waals surface area contributed by atoms with Crippen molar-refractivity contribution in [3.05, 3.63) is 66.4 Å². The first-order chi connectivity index (χ1) is 9.88. The van der Waals surface area contributed by atoms with Gasteiger partial charge in [0.1, 0.15) is 5.75 Å². The molecule has 0 saturated heterocycles. The number of para-hydroxylation sites is 2. The lowest BCUT2D eigenvalue weighted by Gasteiger charge is -2.10. The second-order valence-corrected chi connectivity index (χ2v) is 4.74. The fraction of sp³-hybridized carbons (Fsp3) is 0.176. The first-order valence-electron chi connectivity index (χ1n) is 6.75. The molecule has 0 bridgehead atoms. The van der Waals surface area contributed by atoms with Gasteiger partial charge in [0.25, 0.3) is 0 Å². The molecule has 0 amide bonds. The van der Waals surface area contributed by atoms with Gasteiger partial charge in [0, 0.05) is 23.8 Å². The van der Waals surface area contributed by atoms with Crippen LogP contribution in [0.15, 0.2) is 60.8 Å². The number of nitrogens with zero attached hydrogens (tertiary/aromatic N) is 1. The first kappa shape index (κ1) is 12.8. The molecule has 2 aromatic carbocycles. The Hall–Kier alpha value is -2.26. The van der Waals surface area contributed by atoms with Gasteiger partial charge in [0.2, 0.25) is 0 Å². The molecule has 3 nitrogen and oxygen atoms in total. The Morgan fingerprint density at radius 2 is 1.80 bits per heavy atom. The van der Waals surface area contributed by atoms with E-state index in [1.165, 1.54) is 16.5 Å². The van der Waals surface area contributed by atoms with Gasteiger partial charge in [-0.05, 0) is 23.6 Å². The van der Waals surface area contributed by atoms with Crippen molar-refractivity contribution in [2.75, 3.05) is 7.11 Å². The van der Waals surface area contributed by atoms with Crippen LogP contribution in [-0.2, 0) is 13.2 Å². The van der Waals surface area contributed by atoms with Gasteiger partial charge in [-0.1, -0.05) is 36.4 Å². The molecule has 0 aliphatic heterocycles. The van der Waals surface area contributed by atoms with Crippen LogP contribution in [0.5, 0.6) is 5.75 Å². The standard InChI is InChI=1S/C17H18N2O/c1-20-17-9-5-3-7-15(17)12-18-13-19-11-10-14-6-2-4-8-16(14)19/h2-11,18H,12-13H2,1H3. The van der Waals surface area contributed by atoms with Crippen LogP contribution in [-0.4, -0.2) is 11.7 Å². The van der Waals surface area contributed by atoms with Crippen molar-refractivity contribution in [1.82, 2.24) is 9.88 Å². The molecule has 3 heteroatoms. The van der Waals surface area contributed by atoms with Crippen LogP contribution in [0, 0.1) is 0 Å². The molecule has 1 aromatic heterocycles. The topological polar surface area (TPSA) is 26.2 Å². The Morgan fingerprint density at radius 1 is 1.00 bits per heavy atom. The third kappa shape index (κ3) is 2.53. The molecule has 0 atom stereocenters. The monoisotopic (exact) mass is 266 g/mol.